The molecule has 0 aliphatic carbocycles. The Labute approximate surface area is 116 Å². The van der Waals surface area contributed by atoms with Crippen LogP contribution >= 0.6 is 0 Å². The van der Waals surface area contributed by atoms with Gasteiger partial charge in [-0.15, -0.1) is 0 Å². The van der Waals surface area contributed by atoms with Crippen molar-refractivity contribution in [3.8, 4) is 5.88 Å². The van der Waals surface area contributed by atoms with Crippen molar-refractivity contribution < 1.29 is 4.74 Å². The van der Waals surface area contributed by atoms with Crippen LogP contribution < -0.4 is 10.5 Å². The molecule has 1 aromatic carbocycles. The molecule has 0 unspecified atom stereocenters. The molecule has 0 radical (unpaired) electrons. The fraction of sp³-hybridized carbons (Fsp3) is 0.200. The Morgan fingerprint density at radius 1 is 1.15 bits per heavy atom. The normalized spacial score (nSPS) is 10.8. The molecule has 0 bridgehead atoms. The zero-order chi connectivity index (χ0) is 13.9. The molecule has 3 rings (SSSR count). The van der Waals surface area contributed by atoms with Crippen LogP contribution in [0.5, 0.6) is 5.88 Å². The third-order valence-electron chi connectivity index (χ3n) is 3.07. The summed E-state index contributed by atoms with van der Waals surface area (Å²) in [6, 6.07) is 11.6. The van der Waals surface area contributed by atoms with E-state index in [0.717, 1.165) is 22.6 Å². The van der Waals surface area contributed by atoms with Gasteiger partial charge in [0.25, 0.3) is 0 Å². The number of rotatable bonds is 4. The van der Waals surface area contributed by atoms with Crippen LogP contribution in [0.4, 0.5) is 5.69 Å². The summed E-state index contributed by atoms with van der Waals surface area (Å²) in [7, 11) is 0. The summed E-state index contributed by atoms with van der Waals surface area (Å²) in [4.78, 5) is 12.1. The number of nitrogen functional groups attached to an aromatic ring is 1. The van der Waals surface area contributed by atoms with Crippen LogP contribution in [-0.4, -0.2) is 21.6 Å². The molecule has 2 heterocycles. The Morgan fingerprint density at radius 2 is 2.00 bits per heavy atom. The van der Waals surface area contributed by atoms with Gasteiger partial charge in [-0.2, -0.15) is 4.98 Å². The number of ether oxygens (including phenoxy) is 1. The van der Waals surface area contributed by atoms with Gasteiger partial charge in [0, 0.05) is 18.2 Å². The molecule has 3 N–H and O–H groups in total. The van der Waals surface area contributed by atoms with Gasteiger partial charge in [0.2, 0.25) is 5.88 Å². The van der Waals surface area contributed by atoms with Crippen LogP contribution in [0.25, 0.3) is 11.2 Å². The van der Waals surface area contributed by atoms with Gasteiger partial charge in [0.15, 0.2) is 5.65 Å². The van der Waals surface area contributed by atoms with Gasteiger partial charge in [0.05, 0.1) is 12.1 Å². The fourth-order valence-electron chi connectivity index (χ4n) is 2.11. The number of fused-ring (bicyclic) bond motifs is 1. The third kappa shape index (κ3) is 2.42. The molecule has 0 aliphatic heterocycles. The van der Waals surface area contributed by atoms with E-state index in [4.69, 9.17) is 10.5 Å². The Kier molecular flexibility index (Phi) is 3.25. The van der Waals surface area contributed by atoms with E-state index >= 15 is 0 Å². The molecule has 102 valence electrons. The molecule has 0 amide bonds. The molecule has 2 aromatic heterocycles. The van der Waals surface area contributed by atoms with Gasteiger partial charge in [-0.05, 0) is 24.6 Å². The monoisotopic (exact) mass is 268 g/mol. The number of aromatic nitrogens is 3. The molecule has 3 aromatic rings. The quantitative estimate of drug-likeness (QED) is 0.713. The molecular formula is C15H16N4O. The number of anilines is 1. The van der Waals surface area contributed by atoms with Crippen molar-refractivity contribution in [2.75, 3.05) is 12.3 Å². The maximum atomic E-state index is 5.95. The number of nitrogens with one attached hydrogen (secondary N) is 1. The van der Waals surface area contributed by atoms with Crippen LogP contribution in [0.2, 0.25) is 0 Å². The molecule has 0 atom stereocenters. The molecule has 0 spiro atoms. The van der Waals surface area contributed by atoms with Crippen LogP contribution in [0.15, 0.2) is 36.4 Å². The second kappa shape index (κ2) is 5.21. The predicted octanol–water partition coefficient (Wildman–Crippen LogP) is 2.53. The Balaban J connectivity index is 1.91. The number of hydrogen-bond donors (Lipinski definition) is 2. The summed E-state index contributed by atoms with van der Waals surface area (Å²) in [5.41, 5.74) is 9.34. The number of nitrogens with zero attached hydrogens (tertiary/aromatic N) is 2. The molecule has 20 heavy (non-hydrogen) atoms. The summed E-state index contributed by atoms with van der Waals surface area (Å²) < 4.78 is 5.38. The lowest BCUT2D eigenvalue weighted by molar-refractivity contribution is 0.328. The minimum absolute atomic E-state index is 0.594. The van der Waals surface area contributed by atoms with Crippen molar-refractivity contribution in [3.05, 3.63) is 47.8 Å². The minimum atomic E-state index is 0.594. The van der Waals surface area contributed by atoms with E-state index < -0.39 is 0 Å². The number of para-hydroxylation sites is 1. The van der Waals surface area contributed by atoms with Crippen molar-refractivity contribution in [2.24, 2.45) is 0 Å². The summed E-state index contributed by atoms with van der Waals surface area (Å²) >= 11 is 0. The maximum Gasteiger partial charge on any atom is 0.215 e. The smallest absolute Gasteiger partial charge is 0.215 e. The zero-order valence-corrected chi connectivity index (χ0v) is 11.3. The number of nitrogens with two attached hydrogens (primary N) is 1. The maximum absolute atomic E-state index is 5.95. The topological polar surface area (TPSA) is 76.8 Å². The highest BCUT2D eigenvalue weighted by atomic mass is 16.5. The zero-order valence-electron chi connectivity index (χ0n) is 11.3. The van der Waals surface area contributed by atoms with E-state index in [1.54, 1.807) is 0 Å². The molecule has 5 heteroatoms. The van der Waals surface area contributed by atoms with E-state index in [1.807, 2.05) is 43.3 Å². The number of aromatic amines is 1. The van der Waals surface area contributed by atoms with E-state index in [0.29, 0.717) is 24.6 Å². The Hall–Kier alpha value is -2.56. The van der Waals surface area contributed by atoms with Crippen molar-refractivity contribution in [3.63, 3.8) is 0 Å². The molecule has 0 saturated heterocycles. The Bertz CT molecular complexity index is 736. The summed E-state index contributed by atoms with van der Waals surface area (Å²) in [6.45, 7) is 2.52. The first-order valence-corrected chi connectivity index (χ1v) is 6.58. The van der Waals surface area contributed by atoms with Crippen LogP contribution in [0, 0.1) is 0 Å². The largest absolute Gasteiger partial charge is 0.478 e. The van der Waals surface area contributed by atoms with Gasteiger partial charge in [-0.25, -0.2) is 4.98 Å². The van der Waals surface area contributed by atoms with Gasteiger partial charge in [0.1, 0.15) is 5.82 Å². The first-order valence-electron chi connectivity index (χ1n) is 6.58. The lowest BCUT2D eigenvalue weighted by Gasteiger charge is -2.01. The van der Waals surface area contributed by atoms with Gasteiger partial charge >= 0.3 is 0 Å². The summed E-state index contributed by atoms with van der Waals surface area (Å²) in [6.07, 6.45) is 0.660. The first-order chi connectivity index (χ1) is 9.76. The van der Waals surface area contributed by atoms with E-state index in [2.05, 4.69) is 15.0 Å². The molecule has 5 nitrogen and oxygen atoms in total. The molecule has 0 aliphatic rings. The highest BCUT2D eigenvalue weighted by Crippen LogP contribution is 2.18. The highest BCUT2D eigenvalue weighted by molar-refractivity contribution is 5.71. The second-order valence-electron chi connectivity index (χ2n) is 4.51. The van der Waals surface area contributed by atoms with Crippen LogP contribution in [-0.2, 0) is 6.42 Å². The second-order valence-corrected chi connectivity index (χ2v) is 4.51. The minimum Gasteiger partial charge on any atom is -0.478 e. The van der Waals surface area contributed by atoms with Crippen molar-refractivity contribution in [1.29, 1.82) is 0 Å². The average Bonchev–Trinajstić information content (AvgIpc) is 2.83. The summed E-state index contributed by atoms with van der Waals surface area (Å²) in [5, 5.41) is 0. The van der Waals surface area contributed by atoms with Gasteiger partial charge in [-0.1, -0.05) is 18.2 Å². The molecule has 0 fully saturated rings. The van der Waals surface area contributed by atoms with Crippen LogP contribution in [0.3, 0.4) is 0 Å². The van der Waals surface area contributed by atoms with Gasteiger partial charge in [-0.3, -0.25) is 0 Å². The lowest BCUT2D eigenvalue weighted by Crippen LogP contribution is -1.96. The van der Waals surface area contributed by atoms with E-state index in [-0.39, 0.29) is 0 Å². The van der Waals surface area contributed by atoms with Crippen molar-refractivity contribution >= 4 is 16.9 Å². The number of H-pyrrole nitrogens is 1. The SMILES string of the molecule is CCOc1ccc2[nH]c(Cc3ccccc3N)nc2n1. The van der Waals surface area contributed by atoms with Crippen LogP contribution in [0.1, 0.15) is 18.3 Å². The number of imidazole rings is 1. The van der Waals surface area contributed by atoms with Gasteiger partial charge < -0.3 is 15.5 Å². The van der Waals surface area contributed by atoms with E-state index in [1.165, 1.54) is 0 Å². The van der Waals surface area contributed by atoms with Crippen molar-refractivity contribution in [2.45, 2.75) is 13.3 Å². The average molecular weight is 268 g/mol. The first kappa shape index (κ1) is 12.5. The third-order valence-corrected chi connectivity index (χ3v) is 3.07. The molecule has 0 saturated carbocycles. The highest BCUT2D eigenvalue weighted by Gasteiger charge is 2.07. The lowest BCUT2D eigenvalue weighted by atomic mass is 10.1. The van der Waals surface area contributed by atoms with Crippen molar-refractivity contribution in [1.82, 2.24) is 15.0 Å². The molecular weight excluding hydrogens is 252 g/mol. The number of pyridine rings is 1. The Morgan fingerprint density at radius 3 is 2.80 bits per heavy atom. The summed E-state index contributed by atoms with van der Waals surface area (Å²) in [5.74, 6) is 1.44. The number of hydrogen-bond acceptors (Lipinski definition) is 4. The van der Waals surface area contributed by atoms with E-state index in [9.17, 15) is 0 Å². The number of benzene rings is 1. The fourth-order valence-corrected chi connectivity index (χ4v) is 2.11. The standard InChI is InChI=1S/C15H16N4O/c1-2-20-14-8-7-12-15(19-14)18-13(17-12)9-10-5-3-4-6-11(10)16/h3-8H,2,9,16H2,1H3,(H,17,18,19). The predicted molar refractivity (Wildman–Crippen MR) is 78.7 cm³/mol.